The van der Waals surface area contributed by atoms with E-state index in [1.807, 2.05) is 12.1 Å². The molecule has 1 saturated carbocycles. The second kappa shape index (κ2) is 10.1. The summed E-state index contributed by atoms with van der Waals surface area (Å²) in [4.78, 5) is 29.1. The molecule has 2 aliphatic carbocycles. The van der Waals surface area contributed by atoms with Crippen molar-refractivity contribution in [1.29, 1.82) is 0 Å². The number of amides is 1. The van der Waals surface area contributed by atoms with Gasteiger partial charge in [0.05, 0.1) is 5.69 Å². The molecule has 0 radical (unpaired) electrons. The van der Waals surface area contributed by atoms with Crippen molar-refractivity contribution < 1.29 is 9.90 Å². The summed E-state index contributed by atoms with van der Waals surface area (Å²) in [5.41, 5.74) is 6.25. The first-order valence-electron chi connectivity index (χ1n) is 13.7. The Kier molecular flexibility index (Phi) is 6.56. The number of pyridine rings is 1. The maximum Gasteiger partial charge on any atom is 0.256 e. The van der Waals surface area contributed by atoms with Crippen LogP contribution in [0.3, 0.4) is 0 Å². The van der Waals surface area contributed by atoms with E-state index in [9.17, 15) is 9.90 Å². The van der Waals surface area contributed by atoms with Crippen LogP contribution in [0.4, 0.5) is 23.3 Å². The Morgan fingerprint density at radius 1 is 1.21 bits per heavy atom. The number of nitrogens with one attached hydrogen (secondary N) is 3. The van der Waals surface area contributed by atoms with Crippen LogP contribution >= 0.6 is 0 Å². The zero-order valence-electron chi connectivity index (χ0n) is 22.5. The normalized spacial score (nSPS) is 20.2. The number of hydrogen-bond donors (Lipinski definition) is 4. The molecule has 1 unspecified atom stereocenters. The molecule has 9 heteroatoms. The first-order valence-corrected chi connectivity index (χ1v) is 13.7. The molecule has 3 aromatic rings. The summed E-state index contributed by atoms with van der Waals surface area (Å²) in [5, 5.41) is 20.2. The Labute approximate surface area is 228 Å². The molecular weight excluding hydrogens is 490 g/mol. The van der Waals surface area contributed by atoms with Crippen molar-refractivity contribution in [3.8, 4) is 0 Å². The van der Waals surface area contributed by atoms with Gasteiger partial charge in [0, 0.05) is 31.5 Å². The van der Waals surface area contributed by atoms with Crippen LogP contribution in [0.25, 0.3) is 0 Å². The lowest BCUT2D eigenvalue weighted by Crippen LogP contribution is -2.27. The summed E-state index contributed by atoms with van der Waals surface area (Å²) in [5.74, 6) is 1.55. The van der Waals surface area contributed by atoms with Crippen LogP contribution in [0.5, 0.6) is 0 Å². The summed E-state index contributed by atoms with van der Waals surface area (Å²) in [6.07, 6.45) is 8.12. The Morgan fingerprint density at radius 2 is 2.05 bits per heavy atom. The second-order valence-corrected chi connectivity index (χ2v) is 11.1. The molecule has 39 heavy (non-hydrogen) atoms. The molecule has 3 heterocycles. The van der Waals surface area contributed by atoms with Crippen molar-refractivity contribution >= 4 is 29.2 Å². The van der Waals surface area contributed by atoms with Crippen molar-refractivity contribution in [2.24, 2.45) is 0 Å². The topological polar surface area (TPSA) is 115 Å². The minimum atomic E-state index is -0.977. The van der Waals surface area contributed by atoms with Gasteiger partial charge in [-0.1, -0.05) is 12.1 Å². The molecule has 9 nitrogen and oxygen atoms in total. The smallest absolute Gasteiger partial charge is 0.256 e. The molecule has 0 spiro atoms. The number of benzene rings is 1. The average molecular weight is 526 g/mol. The number of fused-ring (bicyclic) bond motifs is 2. The van der Waals surface area contributed by atoms with E-state index in [1.54, 1.807) is 13.0 Å². The van der Waals surface area contributed by atoms with Crippen LogP contribution in [0.1, 0.15) is 70.4 Å². The van der Waals surface area contributed by atoms with Crippen molar-refractivity contribution in [2.75, 3.05) is 30.8 Å². The highest BCUT2D eigenvalue weighted by atomic mass is 16.3. The monoisotopic (exact) mass is 525 g/mol. The molecule has 202 valence electrons. The van der Waals surface area contributed by atoms with Crippen LogP contribution < -0.4 is 16.0 Å². The number of likely N-dealkylation sites (N-methyl/N-ethyl adjacent to an activating group) is 1. The van der Waals surface area contributed by atoms with Crippen molar-refractivity contribution in [1.82, 2.24) is 25.2 Å². The van der Waals surface area contributed by atoms with Gasteiger partial charge in [-0.2, -0.15) is 4.98 Å². The van der Waals surface area contributed by atoms with Gasteiger partial charge in [0.2, 0.25) is 5.95 Å². The first kappa shape index (κ1) is 25.5. The van der Waals surface area contributed by atoms with Gasteiger partial charge in [-0.05, 0) is 92.4 Å². The molecule has 6 rings (SSSR count). The van der Waals surface area contributed by atoms with Crippen LogP contribution in [0, 0.1) is 0 Å². The number of carbonyl (C=O) groups excluding carboxylic acids is 1. The number of nitrogens with zero attached hydrogens (tertiary/aromatic N) is 4. The molecule has 1 amide bonds. The quantitative estimate of drug-likeness (QED) is 0.322. The highest BCUT2D eigenvalue weighted by Crippen LogP contribution is 2.44. The molecule has 3 aliphatic rings. The fourth-order valence-corrected chi connectivity index (χ4v) is 5.64. The predicted molar refractivity (Wildman–Crippen MR) is 152 cm³/mol. The lowest BCUT2D eigenvalue weighted by molar-refractivity contribution is 0.0555. The number of anilines is 4. The number of aromatic nitrogens is 3. The van der Waals surface area contributed by atoms with Gasteiger partial charge in [-0.15, -0.1) is 6.58 Å². The summed E-state index contributed by atoms with van der Waals surface area (Å²) in [6.45, 7) is 7.79. The molecule has 1 aromatic carbocycles. The van der Waals surface area contributed by atoms with E-state index in [-0.39, 0.29) is 5.91 Å². The maximum atomic E-state index is 12.9. The van der Waals surface area contributed by atoms with Gasteiger partial charge >= 0.3 is 0 Å². The van der Waals surface area contributed by atoms with Gasteiger partial charge in [0.1, 0.15) is 22.8 Å². The van der Waals surface area contributed by atoms with Gasteiger partial charge < -0.3 is 26.0 Å². The van der Waals surface area contributed by atoms with E-state index in [4.69, 9.17) is 4.98 Å². The number of rotatable bonds is 8. The molecule has 4 N–H and O–H groups in total. The standard InChI is InChI=1S/C30H35N7O2/c1-4-12-31-28(38)24-16-32-29(36-27(24)35-25-8-7-19-9-11-30(2,39)26(19)34-25)33-21-14-20-17-37(3)13-10-22(20)23(15-21)18-5-6-18/h4,7-8,14-16,18,39H,1,5-6,9-13,17H2,2-3H3,(H,31,38)(H2,32,33,34,35,36). The van der Waals surface area contributed by atoms with E-state index >= 15 is 0 Å². The van der Waals surface area contributed by atoms with E-state index in [1.165, 1.54) is 35.7 Å². The highest BCUT2D eigenvalue weighted by molar-refractivity contribution is 5.99. The third-order valence-corrected chi connectivity index (χ3v) is 7.89. The molecule has 0 saturated heterocycles. The van der Waals surface area contributed by atoms with Crippen molar-refractivity contribution in [3.05, 3.63) is 76.6 Å². The molecule has 1 aliphatic heterocycles. The van der Waals surface area contributed by atoms with E-state index in [0.717, 1.165) is 37.2 Å². The Morgan fingerprint density at radius 3 is 2.85 bits per heavy atom. The SMILES string of the molecule is C=CCNC(=O)c1cnc(Nc2cc3c(c(C4CC4)c2)CCN(C)C3)nc1Nc1ccc2c(n1)C(C)(O)CC2. The summed E-state index contributed by atoms with van der Waals surface area (Å²) in [6, 6.07) is 8.26. The zero-order chi connectivity index (χ0) is 27.1. The number of aliphatic hydroxyl groups is 1. The molecule has 2 aromatic heterocycles. The Balaban J connectivity index is 1.33. The van der Waals surface area contributed by atoms with Gasteiger partial charge in [-0.3, -0.25) is 4.79 Å². The average Bonchev–Trinajstić information content (AvgIpc) is 3.71. The minimum Gasteiger partial charge on any atom is -0.384 e. The predicted octanol–water partition coefficient (Wildman–Crippen LogP) is 4.29. The van der Waals surface area contributed by atoms with Gasteiger partial charge in [0.15, 0.2) is 0 Å². The van der Waals surface area contributed by atoms with Crippen LogP contribution in [0.15, 0.2) is 43.1 Å². The highest BCUT2D eigenvalue weighted by Gasteiger charge is 2.34. The summed E-state index contributed by atoms with van der Waals surface area (Å²) >= 11 is 0. The third-order valence-electron chi connectivity index (χ3n) is 7.89. The van der Waals surface area contributed by atoms with Gasteiger partial charge in [0.25, 0.3) is 5.91 Å². The van der Waals surface area contributed by atoms with E-state index in [0.29, 0.717) is 47.7 Å². The van der Waals surface area contributed by atoms with Crippen molar-refractivity contribution in [3.63, 3.8) is 0 Å². The van der Waals surface area contributed by atoms with Crippen LogP contribution in [-0.4, -0.2) is 51.0 Å². The fraction of sp³-hybridized carbons (Fsp3) is 0.400. The summed E-state index contributed by atoms with van der Waals surface area (Å²) in [7, 11) is 2.16. The van der Waals surface area contributed by atoms with Crippen LogP contribution in [0.2, 0.25) is 0 Å². The first-order chi connectivity index (χ1) is 18.8. The third kappa shape index (κ3) is 5.24. The van der Waals surface area contributed by atoms with E-state index in [2.05, 4.69) is 56.6 Å². The number of hydrogen-bond acceptors (Lipinski definition) is 8. The van der Waals surface area contributed by atoms with Gasteiger partial charge in [-0.25, -0.2) is 9.97 Å². The number of aryl methyl sites for hydroxylation is 1. The maximum absolute atomic E-state index is 12.9. The molecule has 1 fully saturated rings. The fourth-order valence-electron chi connectivity index (χ4n) is 5.64. The largest absolute Gasteiger partial charge is 0.384 e. The minimum absolute atomic E-state index is 0.294. The molecule has 0 bridgehead atoms. The molecule has 1 atom stereocenters. The van der Waals surface area contributed by atoms with Crippen molar-refractivity contribution in [2.45, 2.75) is 57.1 Å². The lowest BCUT2D eigenvalue weighted by atomic mass is 9.91. The number of carbonyl (C=O) groups is 1. The Bertz CT molecular complexity index is 1450. The Hall–Kier alpha value is -3.82. The molecular formula is C30H35N7O2. The van der Waals surface area contributed by atoms with Crippen LogP contribution in [-0.2, 0) is 25.0 Å². The zero-order valence-corrected chi connectivity index (χ0v) is 22.5. The lowest BCUT2D eigenvalue weighted by Gasteiger charge is -2.28. The van der Waals surface area contributed by atoms with E-state index < -0.39 is 5.60 Å². The second-order valence-electron chi connectivity index (χ2n) is 11.1. The summed E-state index contributed by atoms with van der Waals surface area (Å²) < 4.78 is 0.